The number of carbonyl (C=O) groups excluding carboxylic acids is 1. The van der Waals surface area contributed by atoms with E-state index in [0.717, 1.165) is 36.4 Å². The van der Waals surface area contributed by atoms with Crippen LogP contribution in [0.2, 0.25) is 0 Å². The predicted octanol–water partition coefficient (Wildman–Crippen LogP) is 2.62. The van der Waals surface area contributed by atoms with Crippen LogP contribution in [0.4, 0.5) is 0 Å². The van der Waals surface area contributed by atoms with Crippen LogP contribution >= 0.6 is 0 Å². The van der Waals surface area contributed by atoms with E-state index in [1.54, 1.807) is 0 Å². The Kier molecular flexibility index (Phi) is 3.79. The van der Waals surface area contributed by atoms with Gasteiger partial charge in [0.25, 0.3) is 0 Å². The number of hydrogen-bond acceptors (Lipinski definition) is 2. The Bertz CT molecular complexity index is 492. The Labute approximate surface area is 120 Å². The Morgan fingerprint density at radius 1 is 1.30 bits per heavy atom. The molecule has 108 valence electrons. The number of benzene rings is 1. The molecule has 1 aromatic rings. The molecule has 1 aromatic carbocycles. The number of nitrogens with two attached hydrogens (primary N) is 1. The van der Waals surface area contributed by atoms with Gasteiger partial charge in [0.1, 0.15) is 0 Å². The van der Waals surface area contributed by atoms with Crippen molar-refractivity contribution in [3.05, 3.63) is 34.9 Å². The number of primary amides is 1. The van der Waals surface area contributed by atoms with E-state index in [-0.39, 0.29) is 5.91 Å². The van der Waals surface area contributed by atoms with E-state index in [4.69, 9.17) is 5.73 Å². The lowest BCUT2D eigenvalue weighted by Gasteiger charge is -2.17. The number of nitrogens with one attached hydrogen (secondary N) is 1. The van der Waals surface area contributed by atoms with Crippen molar-refractivity contribution >= 4 is 5.91 Å². The standard InChI is InChI=1S/C17H24N2O/c1-11-8-14(17(18)20)6-7-15(11)9-19-10-16(12-2-3-12)13-4-5-13/h6-8,12-13,16,19H,2-5,9-10H2,1H3,(H2,18,20). The highest BCUT2D eigenvalue weighted by molar-refractivity contribution is 5.93. The van der Waals surface area contributed by atoms with E-state index in [2.05, 4.69) is 5.32 Å². The topological polar surface area (TPSA) is 55.1 Å². The second-order valence-electron chi connectivity index (χ2n) is 6.48. The molecule has 0 heterocycles. The normalized spacial score (nSPS) is 18.5. The van der Waals surface area contributed by atoms with Crippen LogP contribution in [0, 0.1) is 24.7 Å². The Hall–Kier alpha value is -1.35. The van der Waals surface area contributed by atoms with Gasteiger partial charge in [-0.15, -0.1) is 0 Å². The van der Waals surface area contributed by atoms with Gasteiger partial charge in [0, 0.05) is 12.1 Å². The number of hydrogen-bond donors (Lipinski definition) is 2. The van der Waals surface area contributed by atoms with Gasteiger partial charge in [-0.25, -0.2) is 0 Å². The molecular weight excluding hydrogens is 248 g/mol. The van der Waals surface area contributed by atoms with Crippen molar-refractivity contribution in [2.24, 2.45) is 23.5 Å². The lowest BCUT2D eigenvalue weighted by Crippen LogP contribution is -2.25. The second kappa shape index (κ2) is 5.57. The van der Waals surface area contributed by atoms with Crippen LogP contribution in [0.5, 0.6) is 0 Å². The lowest BCUT2D eigenvalue weighted by molar-refractivity contribution is 0.1000. The van der Waals surface area contributed by atoms with Crippen LogP contribution in [0.15, 0.2) is 18.2 Å². The minimum absolute atomic E-state index is 0.352. The smallest absolute Gasteiger partial charge is 0.248 e. The average molecular weight is 272 g/mol. The molecule has 2 fully saturated rings. The summed E-state index contributed by atoms with van der Waals surface area (Å²) < 4.78 is 0. The molecule has 3 N–H and O–H groups in total. The zero-order valence-electron chi connectivity index (χ0n) is 12.2. The Morgan fingerprint density at radius 2 is 1.95 bits per heavy atom. The number of aryl methyl sites for hydroxylation is 1. The van der Waals surface area contributed by atoms with Gasteiger partial charge in [0.2, 0.25) is 5.91 Å². The SMILES string of the molecule is Cc1cc(C(N)=O)ccc1CNCC(C1CC1)C1CC1. The highest BCUT2D eigenvalue weighted by atomic mass is 16.1. The molecule has 0 aliphatic heterocycles. The van der Waals surface area contributed by atoms with Crippen LogP contribution < -0.4 is 11.1 Å². The molecule has 0 unspecified atom stereocenters. The van der Waals surface area contributed by atoms with Crippen LogP contribution in [0.25, 0.3) is 0 Å². The molecule has 1 amide bonds. The number of amides is 1. The molecule has 0 atom stereocenters. The molecule has 3 nitrogen and oxygen atoms in total. The van der Waals surface area contributed by atoms with Gasteiger partial charge in [-0.3, -0.25) is 4.79 Å². The summed E-state index contributed by atoms with van der Waals surface area (Å²) in [7, 11) is 0. The first-order valence-corrected chi connectivity index (χ1v) is 7.75. The molecule has 0 radical (unpaired) electrons. The van der Waals surface area contributed by atoms with E-state index in [9.17, 15) is 4.79 Å². The van der Waals surface area contributed by atoms with Crippen molar-refractivity contribution in [2.45, 2.75) is 39.2 Å². The minimum Gasteiger partial charge on any atom is -0.366 e. The summed E-state index contributed by atoms with van der Waals surface area (Å²) in [6.45, 7) is 4.08. The van der Waals surface area contributed by atoms with Gasteiger partial charge in [-0.2, -0.15) is 0 Å². The fraction of sp³-hybridized carbons (Fsp3) is 0.588. The molecule has 3 heteroatoms. The van der Waals surface area contributed by atoms with Crippen molar-refractivity contribution in [1.29, 1.82) is 0 Å². The van der Waals surface area contributed by atoms with Crippen LogP contribution in [0.1, 0.15) is 47.2 Å². The number of rotatable bonds is 7. The molecule has 0 bridgehead atoms. The van der Waals surface area contributed by atoms with Crippen molar-refractivity contribution in [1.82, 2.24) is 5.32 Å². The van der Waals surface area contributed by atoms with E-state index in [0.29, 0.717) is 5.56 Å². The van der Waals surface area contributed by atoms with E-state index >= 15 is 0 Å². The summed E-state index contributed by atoms with van der Waals surface area (Å²) in [5, 5.41) is 3.62. The zero-order valence-corrected chi connectivity index (χ0v) is 12.2. The maximum absolute atomic E-state index is 11.1. The average Bonchev–Trinajstić information content (AvgIpc) is 3.27. The summed E-state index contributed by atoms with van der Waals surface area (Å²) in [4.78, 5) is 11.1. The predicted molar refractivity (Wildman–Crippen MR) is 80.3 cm³/mol. The maximum atomic E-state index is 11.1. The third-order valence-electron chi connectivity index (χ3n) is 4.78. The second-order valence-corrected chi connectivity index (χ2v) is 6.48. The largest absolute Gasteiger partial charge is 0.366 e. The quantitative estimate of drug-likeness (QED) is 0.801. The van der Waals surface area contributed by atoms with Crippen molar-refractivity contribution in [3.63, 3.8) is 0 Å². The van der Waals surface area contributed by atoms with Gasteiger partial charge < -0.3 is 11.1 Å². The summed E-state index contributed by atoms with van der Waals surface area (Å²) in [6.07, 6.45) is 5.76. The molecule has 2 aliphatic carbocycles. The molecule has 20 heavy (non-hydrogen) atoms. The Balaban J connectivity index is 1.53. The summed E-state index contributed by atoms with van der Waals surface area (Å²) in [5.41, 5.74) is 8.30. The molecule has 3 rings (SSSR count). The molecule has 0 saturated heterocycles. The Morgan fingerprint density at radius 3 is 2.45 bits per heavy atom. The van der Waals surface area contributed by atoms with Gasteiger partial charge in [0.05, 0.1) is 0 Å². The van der Waals surface area contributed by atoms with Gasteiger partial charge in [-0.1, -0.05) is 6.07 Å². The molecule has 2 saturated carbocycles. The summed E-state index contributed by atoms with van der Waals surface area (Å²) >= 11 is 0. The molecular formula is C17H24N2O. The highest BCUT2D eigenvalue weighted by Gasteiger charge is 2.40. The first-order chi connectivity index (χ1) is 9.65. The fourth-order valence-corrected chi connectivity index (χ4v) is 3.19. The lowest BCUT2D eigenvalue weighted by atomic mass is 9.97. The van der Waals surface area contributed by atoms with Crippen molar-refractivity contribution in [2.75, 3.05) is 6.54 Å². The highest BCUT2D eigenvalue weighted by Crippen LogP contribution is 2.48. The van der Waals surface area contributed by atoms with E-state index in [1.807, 2.05) is 25.1 Å². The summed E-state index contributed by atoms with van der Waals surface area (Å²) in [5.74, 6) is 2.54. The summed E-state index contributed by atoms with van der Waals surface area (Å²) in [6, 6.07) is 5.73. The monoisotopic (exact) mass is 272 g/mol. The van der Waals surface area contributed by atoms with Gasteiger partial charge in [-0.05, 0) is 80.2 Å². The fourth-order valence-electron chi connectivity index (χ4n) is 3.19. The third-order valence-corrected chi connectivity index (χ3v) is 4.78. The van der Waals surface area contributed by atoms with E-state index < -0.39 is 0 Å². The molecule has 0 spiro atoms. The van der Waals surface area contributed by atoms with E-state index in [1.165, 1.54) is 31.2 Å². The van der Waals surface area contributed by atoms with Crippen molar-refractivity contribution < 1.29 is 4.79 Å². The molecule has 0 aromatic heterocycles. The number of carbonyl (C=O) groups is 1. The van der Waals surface area contributed by atoms with Crippen LogP contribution in [-0.4, -0.2) is 12.5 Å². The van der Waals surface area contributed by atoms with Crippen LogP contribution in [0.3, 0.4) is 0 Å². The van der Waals surface area contributed by atoms with Crippen LogP contribution in [-0.2, 0) is 6.54 Å². The first-order valence-electron chi connectivity index (χ1n) is 7.75. The van der Waals surface area contributed by atoms with Gasteiger partial charge in [0.15, 0.2) is 0 Å². The maximum Gasteiger partial charge on any atom is 0.248 e. The minimum atomic E-state index is -0.352. The van der Waals surface area contributed by atoms with Crippen molar-refractivity contribution in [3.8, 4) is 0 Å². The molecule has 2 aliphatic rings. The first kappa shape index (κ1) is 13.6. The third kappa shape index (κ3) is 3.21. The zero-order chi connectivity index (χ0) is 14.1. The van der Waals surface area contributed by atoms with Gasteiger partial charge >= 0.3 is 0 Å².